The molecule has 0 fully saturated rings. The maximum atomic E-state index is 10.7. The van der Waals surface area contributed by atoms with E-state index in [0.717, 1.165) is 23.8 Å². The molecule has 64 valence electrons. The highest BCUT2D eigenvalue weighted by Crippen LogP contribution is 2.15. The van der Waals surface area contributed by atoms with E-state index in [1.165, 1.54) is 11.1 Å². The topological polar surface area (TPSA) is 17.1 Å². The minimum Gasteiger partial charge on any atom is -0.298 e. The number of carbonyl (C=O) groups excluding carboxylic acids is 1. The van der Waals surface area contributed by atoms with Gasteiger partial charge in [0.15, 0.2) is 0 Å². The molecule has 0 N–H and O–H groups in total. The van der Waals surface area contributed by atoms with Crippen molar-refractivity contribution in [2.75, 3.05) is 0 Å². The van der Waals surface area contributed by atoms with Crippen LogP contribution in [0.15, 0.2) is 12.1 Å². The summed E-state index contributed by atoms with van der Waals surface area (Å²) < 4.78 is 0. The third-order valence-electron chi connectivity index (χ3n) is 2.13. The van der Waals surface area contributed by atoms with Gasteiger partial charge in [-0.15, -0.1) is 0 Å². The van der Waals surface area contributed by atoms with Crippen LogP contribution in [0.25, 0.3) is 0 Å². The van der Waals surface area contributed by atoms with E-state index >= 15 is 0 Å². The number of hydrogen-bond donors (Lipinski definition) is 0. The van der Waals surface area contributed by atoms with E-state index in [0.29, 0.717) is 0 Å². The monoisotopic (exact) mass is 162 g/mol. The molecule has 0 unspecified atom stereocenters. The van der Waals surface area contributed by atoms with Gasteiger partial charge >= 0.3 is 0 Å². The molecule has 0 amide bonds. The summed E-state index contributed by atoms with van der Waals surface area (Å²) in [7, 11) is 0. The van der Waals surface area contributed by atoms with Gasteiger partial charge in [0.05, 0.1) is 0 Å². The van der Waals surface area contributed by atoms with Crippen molar-refractivity contribution in [3.05, 3.63) is 34.4 Å². The molecule has 0 atom stereocenters. The first-order valence-corrected chi connectivity index (χ1v) is 4.24. The van der Waals surface area contributed by atoms with Crippen LogP contribution >= 0.6 is 0 Å². The number of aryl methyl sites for hydroxylation is 2. The second-order valence-electron chi connectivity index (χ2n) is 3.12. The van der Waals surface area contributed by atoms with Crippen LogP contribution in [0.1, 0.15) is 34.0 Å². The van der Waals surface area contributed by atoms with Gasteiger partial charge in [-0.1, -0.05) is 18.6 Å². The molecule has 0 saturated heterocycles. The Balaban J connectivity index is 3.33. The van der Waals surface area contributed by atoms with Gasteiger partial charge in [-0.25, -0.2) is 0 Å². The zero-order chi connectivity index (χ0) is 9.14. The summed E-state index contributed by atoms with van der Waals surface area (Å²) in [5.41, 5.74) is 4.40. The summed E-state index contributed by atoms with van der Waals surface area (Å²) in [6.45, 7) is 6.14. The van der Waals surface area contributed by atoms with Gasteiger partial charge in [0.2, 0.25) is 0 Å². The van der Waals surface area contributed by atoms with Gasteiger partial charge in [0.25, 0.3) is 0 Å². The Kier molecular flexibility index (Phi) is 2.64. The third-order valence-corrected chi connectivity index (χ3v) is 2.13. The lowest BCUT2D eigenvalue weighted by Gasteiger charge is -2.07. The molecule has 0 aliphatic rings. The molecular weight excluding hydrogens is 148 g/mol. The van der Waals surface area contributed by atoms with Gasteiger partial charge < -0.3 is 0 Å². The molecule has 12 heavy (non-hydrogen) atoms. The molecule has 0 radical (unpaired) electrons. The zero-order valence-electron chi connectivity index (χ0n) is 7.85. The molecule has 1 rings (SSSR count). The van der Waals surface area contributed by atoms with Crippen LogP contribution in [0.5, 0.6) is 0 Å². The molecule has 1 heteroatoms. The smallest absolute Gasteiger partial charge is 0.150 e. The van der Waals surface area contributed by atoms with E-state index in [4.69, 9.17) is 0 Å². The molecule has 0 saturated carbocycles. The molecule has 0 aliphatic heterocycles. The van der Waals surface area contributed by atoms with Crippen LogP contribution in [0.3, 0.4) is 0 Å². The number of benzene rings is 1. The van der Waals surface area contributed by atoms with Gasteiger partial charge in [0, 0.05) is 5.56 Å². The van der Waals surface area contributed by atoms with E-state index < -0.39 is 0 Å². The van der Waals surface area contributed by atoms with Crippen molar-refractivity contribution in [1.29, 1.82) is 0 Å². The van der Waals surface area contributed by atoms with E-state index in [-0.39, 0.29) is 0 Å². The van der Waals surface area contributed by atoms with E-state index in [2.05, 4.69) is 19.9 Å². The van der Waals surface area contributed by atoms with Crippen LogP contribution in [0.2, 0.25) is 0 Å². The predicted octanol–water partition coefficient (Wildman–Crippen LogP) is 2.68. The summed E-state index contributed by atoms with van der Waals surface area (Å²) in [6, 6.07) is 4.06. The van der Waals surface area contributed by atoms with Gasteiger partial charge in [-0.3, -0.25) is 4.79 Å². The number of rotatable bonds is 2. The highest BCUT2D eigenvalue weighted by Gasteiger charge is 2.03. The SMILES string of the molecule is CCc1c(C)cc(C)cc1C=O. The second kappa shape index (κ2) is 3.53. The highest BCUT2D eigenvalue weighted by atomic mass is 16.1. The van der Waals surface area contributed by atoms with Crippen molar-refractivity contribution >= 4 is 6.29 Å². The number of aldehydes is 1. The standard InChI is InChI=1S/C11H14O/c1-4-11-9(3)5-8(2)6-10(11)7-12/h5-7H,4H2,1-3H3. The molecule has 0 aromatic heterocycles. The fourth-order valence-corrected chi connectivity index (χ4v) is 1.62. The maximum absolute atomic E-state index is 10.7. The van der Waals surface area contributed by atoms with Crippen molar-refractivity contribution in [2.24, 2.45) is 0 Å². The molecule has 1 aromatic carbocycles. The average Bonchev–Trinajstić information content (AvgIpc) is 2.03. The van der Waals surface area contributed by atoms with Crippen molar-refractivity contribution in [3.8, 4) is 0 Å². The molecule has 0 bridgehead atoms. The summed E-state index contributed by atoms with van der Waals surface area (Å²) >= 11 is 0. The summed E-state index contributed by atoms with van der Waals surface area (Å²) in [5, 5.41) is 0. The normalized spacial score (nSPS) is 9.92. The minimum absolute atomic E-state index is 0.843. The first-order valence-electron chi connectivity index (χ1n) is 4.24. The first kappa shape index (κ1) is 8.98. The lowest BCUT2D eigenvalue weighted by molar-refractivity contribution is 0.112. The van der Waals surface area contributed by atoms with Crippen LogP contribution in [-0.2, 0) is 6.42 Å². The Morgan fingerprint density at radius 2 is 2.00 bits per heavy atom. The van der Waals surface area contributed by atoms with Crippen molar-refractivity contribution in [2.45, 2.75) is 27.2 Å². The predicted molar refractivity (Wildman–Crippen MR) is 50.7 cm³/mol. The Hall–Kier alpha value is -1.11. The van der Waals surface area contributed by atoms with Crippen LogP contribution in [0.4, 0.5) is 0 Å². The fraction of sp³-hybridized carbons (Fsp3) is 0.364. The average molecular weight is 162 g/mol. The number of hydrogen-bond acceptors (Lipinski definition) is 1. The van der Waals surface area contributed by atoms with Crippen molar-refractivity contribution in [1.82, 2.24) is 0 Å². The Morgan fingerprint density at radius 3 is 2.50 bits per heavy atom. The number of carbonyl (C=O) groups is 1. The van der Waals surface area contributed by atoms with Crippen molar-refractivity contribution < 1.29 is 4.79 Å². The minimum atomic E-state index is 0.843. The lowest BCUT2D eigenvalue weighted by atomic mass is 9.98. The van der Waals surface area contributed by atoms with Gasteiger partial charge in [-0.2, -0.15) is 0 Å². The maximum Gasteiger partial charge on any atom is 0.150 e. The molecule has 0 spiro atoms. The lowest BCUT2D eigenvalue weighted by Crippen LogP contribution is -1.95. The molecule has 0 aliphatic carbocycles. The Morgan fingerprint density at radius 1 is 1.33 bits per heavy atom. The molecule has 0 heterocycles. The summed E-state index contributed by atoms with van der Waals surface area (Å²) in [4.78, 5) is 10.7. The fourth-order valence-electron chi connectivity index (χ4n) is 1.62. The van der Waals surface area contributed by atoms with Gasteiger partial charge in [0.1, 0.15) is 6.29 Å². The van der Waals surface area contributed by atoms with E-state index in [9.17, 15) is 4.79 Å². The van der Waals surface area contributed by atoms with E-state index in [1.54, 1.807) is 0 Å². The van der Waals surface area contributed by atoms with Crippen LogP contribution < -0.4 is 0 Å². The summed E-state index contributed by atoms with van der Waals surface area (Å²) in [5.74, 6) is 0. The second-order valence-corrected chi connectivity index (χ2v) is 3.12. The third kappa shape index (κ3) is 1.55. The van der Waals surface area contributed by atoms with Crippen LogP contribution in [-0.4, -0.2) is 6.29 Å². The molecule has 1 nitrogen and oxygen atoms in total. The van der Waals surface area contributed by atoms with E-state index in [1.807, 2.05) is 13.0 Å². The Labute approximate surface area is 73.4 Å². The quantitative estimate of drug-likeness (QED) is 0.611. The van der Waals surface area contributed by atoms with Crippen LogP contribution in [0, 0.1) is 13.8 Å². The Bertz CT molecular complexity index is 300. The molecule has 1 aromatic rings. The zero-order valence-corrected chi connectivity index (χ0v) is 7.85. The highest BCUT2D eigenvalue weighted by molar-refractivity contribution is 5.78. The molecular formula is C11H14O. The largest absolute Gasteiger partial charge is 0.298 e. The van der Waals surface area contributed by atoms with Crippen molar-refractivity contribution in [3.63, 3.8) is 0 Å². The first-order chi connectivity index (χ1) is 5.69. The van der Waals surface area contributed by atoms with Gasteiger partial charge in [-0.05, 0) is 37.5 Å². The summed E-state index contributed by atoms with van der Waals surface area (Å²) in [6.07, 6.45) is 1.87.